The molecule has 1 atom stereocenters. The quantitative estimate of drug-likeness (QED) is 0.728. The third-order valence-electron chi connectivity index (χ3n) is 3.69. The van der Waals surface area contributed by atoms with Gasteiger partial charge in [-0.25, -0.2) is 17.5 Å². The number of benzene rings is 1. The molecular weight excluding hydrogens is 396 g/mol. The second-order valence-corrected chi connectivity index (χ2v) is 8.39. The highest BCUT2D eigenvalue weighted by atomic mass is 35.5. The Kier molecular flexibility index (Phi) is 6.30. The molecule has 0 saturated heterocycles. The van der Waals surface area contributed by atoms with E-state index in [9.17, 15) is 18.0 Å². The van der Waals surface area contributed by atoms with Gasteiger partial charge < -0.3 is 14.5 Å². The number of rotatable bonds is 6. The van der Waals surface area contributed by atoms with Crippen LogP contribution in [0.3, 0.4) is 0 Å². The number of anilines is 1. The maximum Gasteiger partial charge on any atom is 0.342 e. The molecule has 1 aromatic heterocycles. The van der Waals surface area contributed by atoms with Crippen LogP contribution in [0.1, 0.15) is 23.0 Å². The molecule has 2 aromatic rings. The number of esters is 1. The molecule has 0 fully saturated rings. The molecule has 1 amide bonds. The molecule has 0 unspecified atom stereocenters. The molecular formula is C17H19ClN2O6S. The first-order valence-corrected chi connectivity index (χ1v) is 9.64. The summed E-state index contributed by atoms with van der Waals surface area (Å²) in [5.41, 5.74) is 0.424. The van der Waals surface area contributed by atoms with Crippen LogP contribution in [-0.2, 0) is 19.6 Å². The lowest BCUT2D eigenvalue weighted by molar-refractivity contribution is -0.123. The third-order valence-corrected chi connectivity index (χ3v) is 5.99. The number of furan rings is 1. The average molecular weight is 415 g/mol. The molecule has 0 saturated carbocycles. The van der Waals surface area contributed by atoms with Gasteiger partial charge in [-0.2, -0.15) is 0 Å². The number of aryl methyl sites for hydroxylation is 1. The van der Waals surface area contributed by atoms with Crippen LogP contribution in [0.5, 0.6) is 0 Å². The van der Waals surface area contributed by atoms with Gasteiger partial charge in [0.1, 0.15) is 16.2 Å². The van der Waals surface area contributed by atoms with Crippen molar-refractivity contribution >= 4 is 39.2 Å². The van der Waals surface area contributed by atoms with Crippen molar-refractivity contribution in [1.29, 1.82) is 0 Å². The van der Waals surface area contributed by atoms with Crippen LogP contribution < -0.4 is 5.32 Å². The number of nitrogens with zero attached hydrogens (tertiary/aromatic N) is 1. The molecule has 146 valence electrons. The lowest BCUT2D eigenvalue weighted by Gasteiger charge is -2.16. The molecule has 1 aromatic carbocycles. The summed E-state index contributed by atoms with van der Waals surface area (Å²) in [6, 6.07) is 5.49. The van der Waals surface area contributed by atoms with E-state index in [1.165, 1.54) is 51.5 Å². The van der Waals surface area contributed by atoms with Gasteiger partial charge in [-0.05, 0) is 38.1 Å². The van der Waals surface area contributed by atoms with E-state index in [2.05, 4.69) is 5.32 Å². The fourth-order valence-corrected chi connectivity index (χ4v) is 3.49. The fraction of sp³-hybridized carbons (Fsp3) is 0.294. The number of carbonyl (C=O) groups excluding carboxylic acids is 2. The van der Waals surface area contributed by atoms with Gasteiger partial charge in [0.2, 0.25) is 10.0 Å². The van der Waals surface area contributed by atoms with E-state index in [-0.39, 0.29) is 21.2 Å². The number of hydrogen-bond acceptors (Lipinski definition) is 6. The number of ether oxygens (including phenoxy) is 1. The van der Waals surface area contributed by atoms with Crippen LogP contribution in [-0.4, -0.2) is 44.8 Å². The number of carbonyl (C=O) groups is 2. The Labute approximate surface area is 162 Å². The molecule has 0 spiro atoms. The summed E-state index contributed by atoms with van der Waals surface area (Å²) in [7, 11) is -1.04. The standard InChI is InChI=1S/C17H19ClN2O6S/c1-10-13(7-8-25-10)17(22)26-11(2)16(21)19-12-5-6-14(18)15(9-12)27(23,24)20(3)4/h5-9,11H,1-4H3,(H,19,21)/t11-/m1/s1. The molecule has 0 aliphatic heterocycles. The van der Waals surface area contributed by atoms with Crippen molar-refractivity contribution < 1.29 is 27.2 Å². The first-order valence-electron chi connectivity index (χ1n) is 7.82. The highest BCUT2D eigenvalue weighted by molar-refractivity contribution is 7.89. The third kappa shape index (κ3) is 4.68. The normalized spacial score (nSPS) is 12.7. The van der Waals surface area contributed by atoms with E-state index in [0.717, 1.165) is 4.31 Å². The second kappa shape index (κ2) is 8.12. The Bertz CT molecular complexity index is 968. The second-order valence-electron chi connectivity index (χ2n) is 5.86. The number of amides is 1. The van der Waals surface area contributed by atoms with Crippen LogP contribution in [0.25, 0.3) is 0 Å². The molecule has 1 heterocycles. The summed E-state index contributed by atoms with van der Waals surface area (Å²) in [4.78, 5) is 24.2. The molecule has 0 radical (unpaired) electrons. The van der Waals surface area contributed by atoms with Crippen LogP contribution in [0.2, 0.25) is 5.02 Å². The molecule has 10 heteroatoms. The fourth-order valence-electron chi connectivity index (χ4n) is 2.09. The summed E-state index contributed by atoms with van der Waals surface area (Å²) in [5.74, 6) is -0.945. The van der Waals surface area contributed by atoms with Crippen molar-refractivity contribution in [2.75, 3.05) is 19.4 Å². The number of halogens is 1. The van der Waals surface area contributed by atoms with Gasteiger partial charge in [0.15, 0.2) is 6.10 Å². The maximum absolute atomic E-state index is 12.3. The Morgan fingerprint density at radius 2 is 1.93 bits per heavy atom. The average Bonchev–Trinajstić information content (AvgIpc) is 3.02. The van der Waals surface area contributed by atoms with Gasteiger partial charge in [0.25, 0.3) is 5.91 Å². The minimum atomic E-state index is -3.79. The summed E-state index contributed by atoms with van der Waals surface area (Å²) < 4.78 is 35.7. The Balaban J connectivity index is 2.14. The van der Waals surface area contributed by atoms with Gasteiger partial charge in [0.05, 0.1) is 11.3 Å². The van der Waals surface area contributed by atoms with Crippen LogP contribution in [0.15, 0.2) is 39.8 Å². The van der Waals surface area contributed by atoms with Gasteiger partial charge in [-0.3, -0.25) is 4.79 Å². The van der Waals surface area contributed by atoms with Crippen molar-refractivity contribution in [3.8, 4) is 0 Å². The summed E-state index contributed by atoms with van der Waals surface area (Å²) in [5, 5.41) is 2.53. The molecule has 0 aliphatic rings. The Morgan fingerprint density at radius 3 is 2.48 bits per heavy atom. The SMILES string of the molecule is Cc1occc1C(=O)O[C@H](C)C(=O)Nc1ccc(Cl)c(S(=O)(=O)N(C)C)c1. The minimum Gasteiger partial charge on any atom is -0.469 e. The van der Waals surface area contributed by atoms with Gasteiger partial charge in [-0.15, -0.1) is 0 Å². The Hall–Kier alpha value is -2.36. The number of hydrogen-bond donors (Lipinski definition) is 1. The summed E-state index contributed by atoms with van der Waals surface area (Å²) in [6.45, 7) is 3.00. The zero-order chi connectivity index (χ0) is 20.4. The predicted molar refractivity (Wildman–Crippen MR) is 99.3 cm³/mol. The van der Waals surface area contributed by atoms with Crippen LogP contribution in [0.4, 0.5) is 5.69 Å². The molecule has 27 heavy (non-hydrogen) atoms. The van der Waals surface area contributed by atoms with Crippen molar-refractivity contribution in [3.63, 3.8) is 0 Å². The van der Waals surface area contributed by atoms with E-state index < -0.39 is 28.0 Å². The van der Waals surface area contributed by atoms with E-state index in [0.29, 0.717) is 5.76 Å². The Morgan fingerprint density at radius 1 is 1.26 bits per heavy atom. The zero-order valence-electron chi connectivity index (χ0n) is 15.1. The summed E-state index contributed by atoms with van der Waals surface area (Å²) >= 11 is 5.97. The molecule has 0 aliphatic carbocycles. The molecule has 1 N–H and O–H groups in total. The minimum absolute atomic E-state index is 0.0246. The molecule has 2 rings (SSSR count). The van der Waals surface area contributed by atoms with Crippen molar-refractivity contribution in [2.45, 2.75) is 24.8 Å². The number of nitrogens with one attached hydrogen (secondary N) is 1. The molecule has 0 bridgehead atoms. The van der Waals surface area contributed by atoms with E-state index in [1.807, 2.05) is 0 Å². The van der Waals surface area contributed by atoms with Crippen molar-refractivity contribution in [3.05, 3.63) is 46.9 Å². The number of sulfonamides is 1. The highest BCUT2D eigenvalue weighted by Crippen LogP contribution is 2.27. The van der Waals surface area contributed by atoms with Crippen molar-refractivity contribution in [1.82, 2.24) is 4.31 Å². The smallest absolute Gasteiger partial charge is 0.342 e. The largest absolute Gasteiger partial charge is 0.469 e. The van der Waals surface area contributed by atoms with Gasteiger partial charge >= 0.3 is 5.97 Å². The predicted octanol–water partition coefficient (Wildman–Crippen LogP) is 2.68. The lowest BCUT2D eigenvalue weighted by atomic mass is 10.2. The van der Waals surface area contributed by atoms with Crippen LogP contribution in [0, 0.1) is 6.92 Å². The van der Waals surface area contributed by atoms with E-state index in [1.54, 1.807) is 6.92 Å². The highest BCUT2D eigenvalue weighted by Gasteiger charge is 2.24. The zero-order valence-corrected chi connectivity index (χ0v) is 16.7. The van der Waals surface area contributed by atoms with E-state index >= 15 is 0 Å². The monoisotopic (exact) mass is 414 g/mol. The van der Waals surface area contributed by atoms with Crippen molar-refractivity contribution in [2.24, 2.45) is 0 Å². The molecule has 8 nitrogen and oxygen atoms in total. The topological polar surface area (TPSA) is 106 Å². The van der Waals surface area contributed by atoms with E-state index in [4.69, 9.17) is 20.8 Å². The first-order chi connectivity index (χ1) is 12.5. The summed E-state index contributed by atoms with van der Waals surface area (Å²) in [6.07, 6.45) is 0.230. The van der Waals surface area contributed by atoms with Gasteiger partial charge in [0, 0.05) is 19.8 Å². The van der Waals surface area contributed by atoms with Gasteiger partial charge in [-0.1, -0.05) is 11.6 Å². The van der Waals surface area contributed by atoms with Crippen LogP contribution >= 0.6 is 11.6 Å². The maximum atomic E-state index is 12.3. The lowest BCUT2D eigenvalue weighted by Crippen LogP contribution is -2.30. The first kappa shape index (κ1) is 20.9.